The zero-order chi connectivity index (χ0) is 14.0. The second-order valence-electron chi connectivity index (χ2n) is 4.36. The minimum Gasteiger partial charge on any atom is -0.379 e. The van der Waals surface area contributed by atoms with Gasteiger partial charge in [-0.2, -0.15) is 0 Å². The highest BCUT2D eigenvalue weighted by atomic mass is 32.2. The number of aryl methyl sites for hydroxylation is 2. The number of nitrogens with zero attached hydrogens (tertiary/aromatic N) is 1. The molecule has 2 rings (SSSR count). The molecule has 0 radical (unpaired) electrons. The fraction of sp³-hybridized carbons (Fsp3) is 0.308. The van der Waals surface area contributed by atoms with Crippen molar-refractivity contribution in [2.75, 3.05) is 11.6 Å². The van der Waals surface area contributed by atoms with Crippen LogP contribution in [0.2, 0.25) is 0 Å². The summed E-state index contributed by atoms with van der Waals surface area (Å²) >= 11 is 1.62. The van der Waals surface area contributed by atoms with E-state index in [1.54, 1.807) is 29.5 Å². The lowest BCUT2D eigenvalue weighted by atomic mass is 10.3. The largest absolute Gasteiger partial charge is 0.379 e. The first kappa shape index (κ1) is 14.0. The van der Waals surface area contributed by atoms with Gasteiger partial charge in [-0.3, -0.25) is 0 Å². The molecule has 0 atom stereocenters. The quantitative estimate of drug-likeness (QED) is 0.942. The van der Waals surface area contributed by atoms with Gasteiger partial charge in [0.1, 0.15) is 0 Å². The molecule has 0 amide bonds. The van der Waals surface area contributed by atoms with Crippen molar-refractivity contribution in [3.63, 3.8) is 0 Å². The fourth-order valence-electron chi connectivity index (χ4n) is 1.85. The molecule has 102 valence electrons. The van der Waals surface area contributed by atoms with E-state index < -0.39 is 9.84 Å². The molecule has 0 aliphatic rings. The number of sulfone groups is 1. The predicted octanol–water partition coefficient (Wildman–Crippen LogP) is 2.78. The van der Waals surface area contributed by atoms with E-state index >= 15 is 0 Å². The Morgan fingerprint density at radius 3 is 2.53 bits per heavy atom. The first-order chi connectivity index (χ1) is 8.88. The Labute approximate surface area is 117 Å². The molecular formula is C13H16N2O2S2. The van der Waals surface area contributed by atoms with Crippen molar-refractivity contribution in [2.45, 2.75) is 25.3 Å². The molecule has 4 nitrogen and oxygen atoms in total. The highest BCUT2D eigenvalue weighted by molar-refractivity contribution is 7.90. The summed E-state index contributed by atoms with van der Waals surface area (Å²) in [5.41, 5.74) is 1.63. The summed E-state index contributed by atoms with van der Waals surface area (Å²) in [6.07, 6.45) is 1.22. The van der Waals surface area contributed by atoms with Crippen LogP contribution in [0.4, 0.5) is 5.69 Å². The highest BCUT2D eigenvalue weighted by Gasteiger charge is 2.13. The number of benzene rings is 1. The van der Waals surface area contributed by atoms with Gasteiger partial charge >= 0.3 is 0 Å². The molecule has 1 aromatic carbocycles. The van der Waals surface area contributed by atoms with Crippen LogP contribution in [0.1, 0.15) is 15.6 Å². The second-order valence-corrected chi connectivity index (χ2v) is 7.64. The van der Waals surface area contributed by atoms with Crippen LogP contribution in [0.3, 0.4) is 0 Å². The van der Waals surface area contributed by atoms with Gasteiger partial charge < -0.3 is 5.32 Å². The van der Waals surface area contributed by atoms with Gasteiger partial charge in [-0.15, -0.1) is 11.3 Å². The third-order valence-corrected chi connectivity index (χ3v) is 4.95. The zero-order valence-electron chi connectivity index (χ0n) is 11.1. The van der Waals surface area contributed by atoms with E-state index in [4.69, 9.17) is 0 Å². The van der Waals surface area contributed by atoms with Gasteiger partial charge in [0.05, 0.1) is 27.8 Å². The van der Waals surface area contributed by atoms with Crippen molar-refractivity contribution in [3.05, 3.63) is 39.8 Å². The van der Waals surface area contributed by atoms with Crippen LogP contribution in [-0.2, 0) is 16.4 Å². The number of hydrogen-bond acceptors (Lipinski definition) is 5. The van der Waals surface area contributed by atoms with E-state index in [2.05, 4.69) is 10.3 Å². The van der Waals surface area contributed by atoms with Crippen LogP contribution in [0, 0.1) is 13.8 Å². The lowest BCUT2D eigenvalue weighted by Crippen LogP contribution is -2.05. The Morgan fingerprint density at radius 2 is 1.95 bits per heavy atom. The Hall–Kier alpha value is -1.40. The lowest BCUT2D eigenvalue weighted by molar-refractivity contribution is 0.602. The van der Waals surface area contributed by atoms with Gasteiger partial charge in [-0.25, -0.2) is 13.4 Å². The van der Waals surface area contributed by atoms with Crippen molar-refractivity contribution in [2.24, 2.45) is 0 Å². The normalized spacial score (nSPS) is 11.5. The van der Waals surface area contributed by atoms with E-state index in [0.717, 1.165) is 15.6 Å². The maximum Gasteiger partial charge on any atom is 0.177 e. The maximum absolute atomic E-state index is 11.7. The highest BCUT2D eigenvalue weighted by Crippen LogP contribution is 2.23. The number of anilines is 1. The number of hydrogen-bond donors (Lipinski definition) is 1. The molecule has 0 fully saturated rings. The van der Waals surface area contributed by atoms with Gasteiger partial charge in [0, 0.05) is 11.1 Å². The van der Waals surface area contributed by atoms with Crippen LogP contribution < -0.4 is 5.32 Å². The first-order valence-electron chi connectivity index (χ1n) is 5.84. The van der Waals surface area contributed by atoms with Crippen LogP contribution in [0.25, 0.3) is 0 Å². The summed E-state index contributed by atoms with van der Waals surface area (Å²) in [5.74, 6) is 0. The SMILES string of the molecule is Cc1nc(C)c(CNc2ccccc2S(C)(=O)=O)s1. The molecule has 0 unspecified atom stereocenters. The Bertz CT molecular complexity index is 690. The molecule has 0 aliphatic carbocycles. The first-order valence-corrected chi connectivity index (χ1v) is 8.54. The summed E-state index contributed by atoms with van der Waals surface area (Å²) in [7, 11) is -3.22. The van der Waals surface area contributed by atoms with Gasteiger partial charge in [0.2, 0.25) is 0 Å². The van der Waals surface area contributed by atoms with E-state index in [9.17, 15) is 8.42 Å². The minimum absolute atomic E-state index is 0.328. The smallest absolute Gasteiger partial charge is 0.177 e. The maximum atomic E-state index is 11.7. The monoisotopic (exact) mass is 296 g/mol. The number of thiazole rings is 1. The Kier molecular flexibility index (Phi) is 3.91. The Balaban J connectivity index is 2.23. The van der Waals surface area contributed by atoms with E-state index in [1.165, 1.54) is 6.26 Å². The fourth-order valence-corrected chi connectivity index (χ4v) is 3.59. The number of nitrogens with one attached hydrogen (secondary N) is 1. The molecule has 1 aromatic heterocycles. The van der Waals surface area contributed by atoms with Gasteiger partial charge in [0.15, 0.2) is 9.84 Å². The van der Waals surface area contributed by atoms with Gasteiger partial charge in [-0.05, 0) is 26.0 Å². The third kappa shape index (κ3) is 3.33. The lowest BCUT2D eigenvalue weighted by Gasteiger charge is -2.10. The molecule has 2 aromatic rings. The van der Waals surface area contributed by atoms with Crippen molar-refractivity contribution >= 4 is 26.9 Å². The predicted molar refractivity (Wildman–Crippen MR) is 78.5 cm³/mol. The van der Waals surface area contributed by atoms with Crippen molar-refractivity contribution in [3.8, 4) is 0 Å². The van der Waals surface area contributed by atoms with Crippen molar-refractivity contribution in [1.82, 2.24) is 4.98 Å². The molecule has 1 heterocycles. The molecule has 0 saturated heterocycles. The zero-order valence-corrected chi connectivity index (χ0v) is 12.7. The Morgan fingerprint density at radius 1 is 1.26 bits per heavy atom. The van der Waals surface area contributed by atoms with Crippen molar-refractivity contribution < 1.29 is 8.42 Å². The molecular weight excluding hydrogens is 280 g/mol. The molecule has 0 saturated carbocycles. The standard InChI is InChI=1S/C13H16N2O2S2/c1-9-12(18-10(2)15-9)8-14-11-6-4-5-7-13(11)19(3,16)17/h4-7,14H,8H2,1-3H3. The summed E-state index contributed by atoms with van der Waals surface area (Å²) < 4.78 is 23.4. The summed E-state index contributed by atoms with van der Waals surface area (Å²) in [5, 5.41) is 4.20. The second kappa shape index (κ2) is 5.30. The van der Waals surface area contributed by atoms with Crippen molar-refractivity contribution in [1.29, 1.82) is 0 Å². The molecule has 0 spiro atoms. The average Bonchev–Trinajstić information content (AvgIpc) is 2.64. The average molecular weight is 296 g/mol. The van der Waals surface area contributed by atoms with Crippen LogP contribution in [0.15, 0.2) is 29.2 Å². The third-order valence-electron chi connectivity index (χ3n) is 2.73. The van der Waals surface area contributed by atoms with E-state index in [-0.39, 0.29) is 0 Å². The minimum atomic E-state index is -3.22. The summed E-state index contributed by atoms with van der Waals surface area (Å²) in [6, 6.07) is 6.94. The molecule has 19 heavy (non-hydrogen) atoms. The van der Waals surface area contributed by atoms with E-state index in [1.807, 2.05) is 19.9 Å². The van der Waals surface area contributed by atoms with Crippen LogP contribution >= 0.6 is 11.3 Å². The van der Waals surface area contributed by atoms with Crippen LogP contribution in [0.5, 0.6) is 0 Å². The number of para-hydroxylation sites is 1. The van der Waals surface area contributed by atoms with E-state index in [0.29, 0.717) is 17.1 Å². The molecule has 1 N–H and O–H groups in total. The summed E-state index contributed by atoms with van der Waals surface area (Å²) in [4.78, 5) is 5.81. The van der Waals surface area contributed by atoms with Gasteiger partial charge in [-0.1, -0.05) is 12.1 Å². The summed E-state index contributed by atoms with van der Waals surface area (Å²) in [6.45, 7) is 4.51. The molecule has 6 heteroatoms. The number of rotatable bonds is 4. The van der Waals surface area contributed by atoms with Crippen LogP contribution in [-0.4, -0.2) is 19.7 Å². The van der Waals surface area contributed by atoms with Gasteiger partial charge in [0.25, 0.3) is 0 Å². The molecule has 0 aliphatic heterocycles. The number of aromatic nitrogens is 1. The topological polar surface area (TPSA) is 59.1 Å². The molecule has 0 bridgehead atoms.